The average Bonchev–Trinajstić information content (AvgIpc) is 2.81. The van der Waals surface area contributed by atoms with Gasteiger partial charge >= 0.3 is 0 Å². The average molecular weight is 242 g/mol. The molecule has 0 radical (unpaired) electrons. The van der Waals surface area contributed by atoms with Crippen LogP contribution in [0.2, 0.25) is 0 Å². The molecule has 1 fully saturated rings. The lowest BCUT2D eigenvalue weighted by atomic mass is 10.1. The van der Waals surface area contributed by atoms with E-state index in [1.807, 2.05) is 17.1 Å². The Kier molecular flexibility index (Phi) is 3.13. The highest BCUT2D eigenvalue weighted by molar-refractivity contribution is 5.34. The lowest BCUT2D eigenvalue weighted by molar-refractivity contribution is 0.173. The van der Waals surface area contributed by atoms with Crippen LogP contribution in [0.15, 0.2) is 43.0 Å². The van der Waals surface area contributed by atoms with Crippen LogP contribution in [0.1, 0.15) is 5.56 Å². The quantitative estimate of drug-likeness (QED) is 0.876. The van der Waals surface area contributed by atoms with Crippen molar-refractivity contribution in [3.8, 4) is 5.69 Å². The van der Waals surface area contributed by atoms with Crippen molar-refractivity contribution in [2.24, 2.45) is 0 Å². The van der Waals surface area contributed by atoms with Gasteiger partial charge in [-0.25, -0.2) is 4.98 Å². The summed E-state index contributed by atoms with van der Waals surface area (Å²) in [6, 6.07) is 9.36. The highest BCUT2D eigenvalue weighted by atomic mass is 15.2. The molecule has 0 atom stereocenters. The predicted molar refractivity (Wildman–Crippen MR) is 71.7 cm³/mol. The molecular formula is C14H18N4. The van der Waals surface area contributed by atoms with Crippen molar-refractivity contribution in [1.29, 1.82) is 0 Å². The number of aromatic nitrogens is 2. The fraction of sp³-hybridized carbons (Fsp3) is 0.357. The largest absolute Gasteiger partial charge is 0.314 e. The number of hydrogen-bond acceptors (Lipinski definition) is 3. The van der Waals surface area contributed by atoms with E-state index in [2.05, 4.69) is 46.5 Å². The van der Waals surface area contributed by atoms with Crippen LogP contribution in [-0.4, -0.2) is 40.6 Å². The molecule has 3 rings (SSSR count). The first-order valence-corrected chi connectivity index (χ1v) is 6.31. The van der Waals surface area contributed by atoms with E-state index in [1.165, 1.54) is 5.56 Å². The minimum Gasteiger partial charge on any atom is -0.314 e. The van der Waals surface area contributed by atoms with Crippen LogP contribution in [-0.2, 0) is 6.54 Å². The number of likely N-dealkylation sites (N-methyl/N-ethyl adjacent to an activating group) is 1. The third-order valence-electron chi connectivity index (χ3n) is 3.55. The summed E-state index contributed by atoms with van der Waals surface area (Å²) in [4.78, 5) is 6.46. The smallest absolute Gasteiger partial charge is 0.0991 e. The summed E-state index contributed by atoms with van der Waals surface area (Å²) in [6.07, 6.45) is 5.58. The van der Waals surface area contributed by atoms with Crippen molar-refractivity contribution in [1.82, 2.24) is 19.8 Å². The fourth-order valence-electron chi connectivity index (χ4n) is 2.19. The molecule has 94 valence electrons. The number of hydrogen-bond donors (Lipinski definition) is 1. The first-order valence-electron chi connectivity index (χ1n) is 6.31. The maximum Gasteiger partial charge on any atom is 0.0991 e. The first kappa shape index (κ1) is 11.4. The molecule has 18 heavy (non-hydrogen) atoms. The van der Waals surface area contributed by atoms with Crippen LogP contribution in [0, 0.1) is 0 Å². The Labute approximate surface area is 107 Å². The van der Waals surface area contributed by atoms with E-state index in [0.29, 0.717) is 6.04 Å². The number of rotatable bonds is 4. The molecule has 0 aliphatic carbocycles. The van der Waals surface area contributed by atoms with Crippen LogP contribution in [0.5, 0.6) is 0 Å². The maximum atomic E-state index is 4.06. The van der Waals surface area contributed by atoms with E-state index in [1.54, 1.807) is 6.20 Å². The van der Waals surface area contributed by atoms with Gasteiger partial charge in [-0.2, -0.15) is 0 Å². The summed E-state index contributed by atoms with van der Waals surface area (Å²) in [7, 11) is 2.19. The Morgan fingerprint density at radius 3 is 2.67 bits per heavy atom. The minimum absolute atomic E-state index is 0.693. The molecule has 1 saturated heterocycles. The van der Waals surface area contributed by atoms with Crippen LogP contribution in [0.3, 0.4) is 0 Å². The van der Waals surface area contributed by atoms with Crippen molar-refractivity contribution < 1.29 is 0 Å². The summed E-state index contributed by atoms with van der Waals surface area (Å²) in [5.41, 5.74) is 2.51. The van der Waals surface area contributed by atoms with Crippen molar-refractivity contribution in [3.05, 3.63) is 48.5 Å². The SMILES string of the molecule is CN(Cc1ccc(-n2ccnc2)cc1)C1CNC1. The molecule has 0 bridgehead atoms. The molecule has 4 heteroatoms. The second-order valence-corrected chi connectivity index (χ2v) is 4.86. The zero-order chi connectivity index (χ0) is 12.4. The molecule has 0 amide bonds. The maximum absolute atomic E-state index is 4.06. The standard InChI is InChI=1S/C14H18N4/c1-17(14-8-16-9-14)10-12-2-4-13(5-3-12)18-7-6-15-11-18/h2-7,11,14,16H,8-10H2,1H3. The van der Waals surface area contributed by atoms with Crippen molar-refractivity contribution in [2.45, 2.75) is 12.6 Å². The lowest BCUT2D eigenvalue weighted by Crippen LogP contribution is -2.55. The second-order valence-electron chi connectivity index (χ2n) is 4.86. The summed E-state index contributed by atoms with van der Waals surface area (Å²) in [5, 5.41) is 3.30. The normalized spacial score (nSPS) is 15.9. The number of nitrogens with one attached hydrogen (secondary N) is 1. The van der Waals surface area contributed by atoms with Gasteiger partial charge in [-0.05, 0) is 24.7 Å². The van der Waals surface area contributed by atoms with E-state index < -0.39 is 0 Å². The summed E-state index contributed by atoms with van der Waals surface area (Å²) >= 11 is 0. The highest BCUT2D eigenvalue weighted by Crippen LogP contribution is 2.12. The molecule has 1 N–H and O–H groups in total. The van der Waals surface area contributed by atoms with Gasteiger partial charge in [0.05, 0.1) is 6.33 Å². The highest BCUT2D eigenvalue weighted by Gasteiger charge is 2.20. The van der Waals surface area contributed by atoms with Gasteiger partial charge in [-0.1, -0.05) is 12.1 Å². The molecule has 1 aliphatic rings. The summed E-state index contributed by atoms with van der Waals surface area (Å²) in [6.45, 7) is 3.24. The Balaban J connectivity index is 1.67. The topological polar surface area (TPSA) is 33.1 Å². The fourth-order valence-corrected chi connectivity index (χ4v) is 2.19. The van der Waals surface area contributed by atoms with Gasteiger partial charge in [0.2, 0.25) is 0 Å². The van der Waals surface area contributed by atoms with Gasteiger partial charge in [0.15, 0.2) is 0 Å². The molecule has 1 aliphatic heterocycles. The zero-order valence-electron chi connectivity index (χ0n) is 10.6. The monoisotopic (exact) mass is 242 g/mol. The second kappa shape index (κ2) is 4.92. The molecule has 4 nitrogen and oxygen atoms in total. The van der Waals surface area contributed by atoms with E-state index in [9.17, 15) is 0 Å². The minimum atomic E-state index is 0.693. The lowest BCUT2D eigenvalue weighted by Gasteiger charge is -2.35. The van der Waals surface area contributed by atoms with E-state index in [-0.39, 0.29) is 0 Å². The molecular weight excluding hydrogens is 224 g/mol. The van der Waals surface area contributed by atoms with Crippen molar-refractivity contribution in [2.75, 3.05) is 20.1 Å². The Morgan fingerprint density at radius 2 is 2.11 bits per heavy atom. The summed E-state index contributed by atoms with van der Waals surface area (Å²) in [5.74, 6) is 0. The zero-order valence-corrected chi connectivity index (χ0v) is 10.6. The molecule has 1 aromatic carbocycles. The van der Waals surface area contributed by atoms with Gasteiger partial charge in [0, 0.05) is 43.8 Å². The predicted octanol–water partition coefficient (Wildman–Crippen LogP) is 1.28. The van der Waals surface area contributed by atoms with Gasteiger partial charge in [0.1, 0.15) is 0 Å². The molecule has 1 aromatic heterocycles. The Morgan fingerprint density at radius 1 is 1.33 bits per heavy atom. The van der Waals surface area contributed by atoms with Crippen LogP contribution >= 0.6 is 0 Å². The molecule has 2 aromatic rings. The van der Waals surface area contributed by atoms with Gasteiger partial charge in [0.25, 0.3) is 0 Å². The van der Waals surface area contributed by atoms with Crippen molar-refractivity contribution >= 4 is 0 Å². The molecule has 0 saturated carbocycles. The summed E-state index contributed by atoms with van der Waals surface area (Å²) < 4.78 is 2.02. The first-order chi connectivity index (χ1) is 8.83. The van der Waals surface area contributed by atoms with Gasteiger partial charge < -0.3 is 9.88 Å². The van der Waals surface area contributed by atoms with E-state index in [4.69, 9.17) is 0 Å². The van der Waals surface area contributed by atoms with Gasteiger partial charge in [-0.3, -0.25) is 4.90 Å². The Hall–Kier alpha value is -1.65. The number of nitrogens with zero attached hydrogens (tertiary/aromatic N) is 3. The number of imidazole rings is 1. The third-order valence-corrected chi connectivity index (χ3v) is 3.55. The van der Waals surface area contributed by atoms with E-state index in [0.717, 1.165) is 25.3 Å². The number of benzene rings is 1. The Bertz CT molecular complexity index is 485. The molecule has 2 heterocycles. The third kappa shape index (κ3) is 2.30. The van der Waals surface area contributed by atoms with Crippen molar-refractivity contribution in [3.63, 3.8) is 0 Å². The van der Waals surface area contributed by atoms with Crippen LogP contribution < -0.4 is 5.32 Å². The van der Waals surface area contributed by atoms with Gasteiger partial charge in [-0.15, -0.1) is 0 Å². The molecule has 0 spiro atoms. The molecule has 0 unspecified atom stereocenters. The van der Waals surface area contributed by atoms with Crippen LogP contribution in [0.4, 0.5) is 0 Å². The van der Waals surface area contributed by atoms with E-state index >= 15 is 0 Å². The van der Waals surface area contributed by atoms with Crippen LogP contribution in [0.25, 0.3) is 5.69 Å².